The molecule has 0 saturated carbocycles. The number of carbonyl (C=O) groups is 1. The van der Waals surface area contributed by atoms with Gasteiger partial charge in [0.2, 0.25) is 5.91 Å². The van der Waals surface area contributed by atoms with Crippen molar-refractivity contribution in [3.05, 3.63) is 17.5 Å². The van der Waals surface area contributed by atoms with Crippen LogP contribution in [0.15, 0.2) is 21.7 Å². The van der Waals surface area contributed by atoms with E-state index in [9.17, 15) is 13.2 Å². The lowest BCUT2D eigenvalue weighted by atomic mass is 10.2. The van der Waals surface area contributed by atoms with Crippen molar-refractivity contribution >= 4 is 27.3 Å². The molecule has 19 heavy (non-hydrogen) atoms. The molecule has 1 aliphatic heterocycles. The predicted octanol–water partition coefficient (Wildman–Crippen LogP) is -0.0239. The SMILES string of the molecule is NCC1CCCN1C(=O)CNS(=O)(=O)c1cccs1. The molecule has 3 N–H and O–H groups in total. The average Bonchev–Trinajstić information content (AvgIpc) is 3.06. The minimum Gasteiger partial charge on any atom is -0.337 e. The molecule has 1 unspecified atom stereocenters. The van der Waals surface area contributed by atoms with Gasteiger partial charge in [-0.1, -0.05) is 6.07 Å². The number of carbonyl (C=O) groups excluding carboxylic acids is 1. The first kappa shape index (κ1) is 14.4. The number of hydrogen-bond donors (Lipinski definition) is 2. The normalized spacial score (nSPS) is 19.8. The Morgan fingerprint density at radius 1 is 1.58 bits per heavy atom. The van der Waals surface area contributed by atoms with Crippen molar-refractivity contribution < 1.29 is 13.2 Å². The van der Waals surface area contributed by atoms with Crippen molar-refractivity contribution in [2.45, 2.75) is 23.1 Å². The smallest absolute Gasteiger partial charge is 0.250 e. The van der Waals surface area contributed by atoms with Gasteiger partial charge in [-0.25, -0.2) is 13.1 Å². The highest BCUT2D eigenvalue weighted by Crippen LogP contribution is 2.17. The fraction of sp³-hybridized carbons (Fsp3) is 0.545. The van der Waals surface area contributed by atoms with Gasteiger partial charge in [0.05, 0.1) is 6.54 Å². The lowest BCUT2D eigenvalue weighted by Gasteiger charge is -2.23. The molecule has 1 aliphatic rings. The third-order valence-corrected chi connectivity index (χ3v) is 5.94. The lowest BCUT2D eigenvalue weighted by molar-refractivity contribution is -0.130. The van der Waals surface area contributed by atoms with E-state index < -0.39 is 10.0 Å². The molecule has 1 aromatic rings. The summed E-state index contributed by atoms with van der Waals surface area (Å²) in [5.41, 5.74) is 5.59. The molecule has 6 nitrogen and oxygen atoms in total. The van der Waals surface area contributed by atoms with Gasteiger partial charge < -0.3 is 10.6 Å². The number of sulfonamides is 1. The van der Waals surface area contributed by atoms with Crippen LogP contribution in [-0.4, -0.2) is 44.9 Å². The first-order valence-corrected chi connectivity index (χ1v) is 8.43. The molecule has 2 heterocycles. The maximum Gasteiger partial charge on any atom is 0.250 e. The number of amides is 1. The number of nitrogens with zero attached hydrogens (tertiary/aromatic N) is 1. The van der Waals surface area contributed by atoms with E-state index in [2.05, 4.69) is 4.72 Å². The largest absolute Gasteiger partial charge is 0.337 e. The minimum absolute atomic E-state index is 0.0405. The highest BCUT2D eigenvalue weighted by Gasteiger charge is 2.28. The van der Waals surface area contributed by atoms with Gasteiger partial charge in [-0.05, 0) is 24.3 Å². The Morgan fingerprint density at radius 3 is 3.00 bits per heavy atom. The van der Waals surface area contributed by atoms with E-state index in [4.69, 9.17) is 5.73 Å². The molecule has 8 heteroatoms. The van der Waals surface area contributed by atoms with Gasteiger partial charge in [-0.15, -0.1) is 11.3 Å². The summed E-state index contributed by atoms with van der Waals surface area (Å²) in [5.74, 6) is -0.215. The number of thiophene rings is 1. The molecule has 0 radical (unpaired) electrons. The summed E-state index contributed by atoms with van der Waals surface area (Å²) in [6.07, 6.45) is 1.81. The fourth-order valence-electron chi connectivity index (χ4n) is 2.15. The molecule has 0 spiro atoms. The molecular formula is C11H17N3O3S2. The highest BCUT2D eigenvalue weighted by atomic mass is 32.2. The van der Waals surface area contributed by atoms with E-state index >= 15 is 0 Å². The van der Waals surface area contributed by atoms with Gasteiger partial charge in [0, 0.05) is 19.1 Å². The van der Waals surface area contributed by atoms with Crippen LogP contribution in [-0.2, 0) is 14.8 Å². The van der Waals surface area contributed by atoms with Gasteiger partial charge in [-0.3, -0.25) is 4.79 Å². The van der Waals surface area contributed by atoms with Crippen molar-refractivity contribution in [1.29, 1.82) is 0 Å². The number of rotatable bonds is 5. The predicted molar refractivity (Wildman–Crippen MR) is 73.3 cm³/mol. The summed E-state index contributed by atoms with van der Waals surface area (Å²) >= 11 is 1.12. The summed E-state index contributed by atoms with van der Waals surface area (Å²) in [5, 5.41) is 1.68. The van der Waals surface area contributed by atoms with E-state index in [0.29, 0.717) is 13.1 Å². The zero-order chi connectivity index (χ0) is 13.9. The Hall–Kier alpha value is -0.960. The maximum atomic E-state index is 12.0. The third-order valence-electron chi connectivity index (χ3n) is 3.14. The molecule has 0 aliphatic carbocycles. The lowest BCUT2D eigenvalue weighted by Crippen LogP contribution is -2.45. The van der Waals surface area contributed by atoms with Crippen molar-refractivity contribution in [3.63, 3.8) is 0 Å². The van der Waals surface area contributed by atoms with Crippen LogP contribution in [0, 0.1) is 0 Å². The summed E-state index contributed by atoms with van der Waals surface area (Å²) in [6, 6.07) is 3.21. The van der Waals surface area contributed by atoms with Gasteiger partial charge in [0.15, 0.2) is 0 Å². The Labute approximate surface area is 116 Å². The topological polar surface area (TPSA) is 92.5 Å². The zero-order valence-corrected chi connectivity index (χ0v) is 12.0. The first-order chi connectivity index (χ1) is 9.04. The Bertz CT molecular complexity index is 527. The molecule has 1 aromatic heterocycles. The monoisotopic (exact) mass is 303 g/mol. The minimum atomic E-state index is -3.58. The van der Waals surface area contributed by atoms with Crippen LogP contribution >= 0.6 is 11.3 Å². The van der Waals surface area contributed by atoms with Crippen LogP contribution in [0.4, 0.5) is 0 Å². The summed E-state index contributed by atoms with van der Waals surface area (Å²) < 4.78 is 26.3. The van der Waals surface area contributed by atoms with E-state index in [-0.39, 0.29) is 22.7 Å². The van der Waals surface area contributed by atoms with Crippen LogP contribution in [0.3, 0.4) is 0 Å². The average molecular weight is 303 g/mol. The van der Waals surface area contributed by atoms with Gasteiger partial charge in [0.25, 0.3) is 10.0 Å². The molecule has 2 rings (SSSR count). The van der Waals surface area contributed by atoms with E-state index in [1.54, 1.807) is 16.3 Å². The number of nitrogens with two attached hydrogens (primary N) is 1. The molecule has 0 bridgehead atoms. The number of nitrogens with one attached hydrogen (secondary N) is 1. The van der Waals surface area contributed by atoms with Crippen LogP contribution in [0.5, 0.6) is 0 Å². The number of likely N-dealkylation sites (tertiary alicyclic amines) is 1. The quantitative estimate of drug-likeness (QED) is 0.799. The molecule has 1 saturated heterocycles. The van der Waals surface area contributed by atoms with Gasteiger partial charge in [0.1, 0.15) is 4.21 Å². The fourth-order valence-corrected chi connectivity index (χ4v) is 4.17. The molecule has 106 valence electrons. The molecule has 1 fully saturated rings. The van der Waals surface area contributed by atoms with Crippen LogP contribution in [0.25, 0.3) is 0 Å². The van der Waals surface area contributed by atoms with Crippen molar-refractivity contribution in [2.24, 2.45) is 5.73 Å². The van der Waals surface area contributed by atoms with E-state index in [1.165, 1.54) is 6.07 Å². The number of hydrogen-bond acceptors (Lipinski definition) is 5. The highest BCUT2D eigenvalue weighted by molar-refractivity contribution is 7.91. The van der Waals surface area contributed by atoms with Crippen molar-refractivity contribution in [2.75, 3.05) is 19.6 Å². The van der Waals surface area contributed by atoms with Gasteiger partial charge in [-0.2, -0.15) is 0 Å². The summed E-state index contributed by atoms with van der Waals surface area (Å²) in [7, 11) is -3.58. The van der Waals surface area contributed by atoms with E-state index in [0.717, 1.165) is 24.2 Å². The van der Waals surface area contributed by atoms with Crippen LogP contribution in [0.1, 0.15) is 12.8 Å². The third kappa shape index (κ3) is 3.33. The maximum absolute atomic E-state index is 12.0. The van der Waals surface area contributed by atoms with E-state index in [1.807, 2.05) is 0 Å². The second-order valence-corrected chi connectivity index (χ2v) is 7.32. The van der Waals surface area contributed by atoms with Crippen molar-refractivity contribution in [1.82, 2.24) is 9.62 Å². The zero-order valence-electron chi connectivity index (χ0n) is 10.4. The molecule has 1 atom stereocenters. The van der Waals surface area contributed by atoms with Gasteiger partial charge >= 0.3 is 0 Å². The Kier molecular flexibility index (Phi) is 4.56. The van der Waals surface area contributed by atoms with Crippen LogP contribution < -0.4 is 10.5 Å². The van der Waals surface area contributed by atoms with Crippen LogP contribution in [0.2, 0.25) is 0 Å². The molecule has 1 amide bonds. The second kappa shape index (κ2) is 6.00. The Morgan fingerprint density at radius 2 is 2.37 bits per heavy atom. The molecular weight excluding hydrogens is 286 g/mol. The second-order valence-electron chi connectivity index (χ2n) is 4.38. The van der Waals surface area contributed by atoms with Crippen molar-refractivity contribution in [3.8, 4) is 0 Å². The molecule has 0 aromatic carbocycles. The Balaban J connectivity index is 1.94. The first-order valence-electron chi connectivity index (χ1n) is 6.07. The summed E-state index contributed by atoms with van der Waals surface area (Å²) in [6.45, 7) is 0.863. The summed E-state index contributed by atoms with van der Waals surface area (Å²) in [4.78, 5) is 13.6. The standard InChI is InChI=1S/C11H17N3O3S2/c12-7-9-3-1-5-14(9)10(15)8-13-19(16,17)11-4-2-6-18-11/h2,4,6,9,13H,1,3,5,7-8,12H2.